The highest BCUT2D eigenvalue weighted by molar-refractivity contribution is 5.75. The Labute approximate surface area is 129 Å². The number of carbonyl (C=O) groups is 1. The van der Waals surface area contributed by atoms with Gasteiger partial charge in [-0.3, -0.25) is 4.79 Å². The predicted octanol–water partition coefficient (Wildman–Crippen LogP) is 3.27. The van der Waals surface area contributed by atoms with Gasteiger partial charge >= 0.3 is 0 Å². The summed E-state index contributed by atoms with van der Waals surface area (Å²) in [5.41, 5.74) is 8.16. The molecule has 0 aliphatic heterocycles. The van der Waals surface area contributed by atoms with E-state index in [0.717, 1.165) is 19.3 Å². The summed E-state index contributed by atoms with van der Waals surface area (Å²) in [7, 11) is 0. The molecule has 1 amide bonds. The molecule has 0 heterocycles. The van der Waals surface area contributed by atoms with Gasteiger partial charge in [-0.1, -0.05) is 45.0 Å². The second-order valence-corrected chi connectivity index (χ2v) is 6.02. The zero-order valence-corrected chi connectivity index (χ0v) is 13.7. The molecule has 1 rings (SSSR count). The molecule has 1 aromatic rings. The number of aryl methyl sites for hydroxylation is 1. The Kier molecular flexibility index (Phi) is 8.06. The van der Waals surface area contributed by atoms with Gasteiger partial charge in [-0.2, -0.15) is 0 Å². The highest BCUT2D eigenvalue weighted by atomic mass is 16.1. The number of amides is 1. The second kappa shape index (κ2) is 9.56. The van der Waals surface area contributed by atoms with E-state index in [-0.39, 0.29) is 5.91 Å². The molecule has 0 spiro atoms. The molecule has 0 aliphatic carbocycles. The van der Waals surface area contributed by atoms with Crippen LogP contribution in [0.15, 0.2) is 24.3 Å². The normalized spacial score (nSPS) is 12.4. The zero-order chi connectivity index (χ0) is 15.7. The summed E-state index contributed by atoms with van der Waals surface area (Å²) in [4.78, 5) is 12.0. The summed E-state index contributed by atoms with van der Waals surface area (Å²) in [6.45, 7) is 7.88. The van der Waals surface area contributed by atoms with Crippen molar-refractivity contribution in [2.24, 2.45) is 17.6 Å². The lowest BCUT2D eigenvalue weighted by atomic mass is 9.88. The molecule has 118 valence electrons. The lowest BCUT2D eigenvalue weighted by Crippen LogP contribution is -2.25. The minimum absolute atomic E-state index is 0.142. The van der Waals surface area contributed by atoms with Gasteiger partial charge in [0.15, 0.2) is 0 Å². The van der Waals surface area contributed by atoms with Gasteiger partial charge in [-0.05, 0) is 48.8 Å². The molecule has 0 aromatic heterocycles. The molecule has 21 heavy (non-hydrogen) atoms. The molecule has 1 atom stereocenters. The van der Waals surface area contributed by atoms with Gasteiger partial charge in [0.05, 0.1) is 0 Å². The fourth-order valence-corrected chi connectivity index (χ4v) is 2.70. The van der Waals surface area contributed by atoms with E-state index in [0.29, 0.717) is 31.3 Å². The number of nitrogens with one attached hydrogen (secondary N) is 1. The van der Waals surface area contributed by atoms with E-state index >= 15 is 0 Å². The third-order valence-corrected chi connectivity index (χ3v) is 4.20. The van der Waals surface area contributed by atoms with E-state index in [1.807, 2.05) is 12.1 Å². The second-order valence-electron chi connectivity index (χ2n) is 6.02. The van der Waals surface area contributed by atoms with Crippen molar-refractivity contribution >= 4 is 5.91 Å². The third kappa shape index (κ3) is 6.30. The van der Waals surface area contributed by atoms with Gasteiger partial charge in [0.2, 0.25) is 5.91 Å². The first-order valence-corrected chi connectivity index (χ1v) is 8.12. The van der Waals surface area contributed by atoms with Gasteiger partial charge < -0.3 is 11.1 Å². The molecule has 3 nitrogen and oxygen atoms in total. The standard InChI is InChI=1S/C18H30N2O/c1-4-15-7-5-6-8-17(15)13-20-18(21)10-9-16(11-12-19)14(2)3/h5-8,14,16H,4,9-13,19H2,1-3H3,(H,20,21). The monoisotopic (exact) mass is 290 g/mol. The van der Waals surface area contributed by atoms with E-state index in [2.05, 4.69) is 38.2 Å². The Morgan fingerprint density at radius 1 is 1.19 bits per heavy atom. The summed E-state index contributed by atoms with van der Waals surface area (Å²) >= 11 is 0. The Bertz CT molecular complexity index is 429. The molecular formula is C18H30N2O. The molecule has 0 bridgehead atoms. The Balaban J connectivity index is 2.40. The van der Waals surface area contributed by atoms with Crippen molar-refractivity contribution in [3.8, 4) is 0 Å². The molecule has 0 radical (unpaired) electrons. The van der Waals surface area contributed by atoms with Crippen LogP contribution in [0.2, 0.25) is 0 Å². The van der Waals surface area contributed by atoms with E-state index in [1.165, 1.54) is 11.1 Å². The van der Waals surface area contributed by atoms with Crippen molar-refractivity contribution in [2.75, 3.05) is 6.54 Å². The van der Waals surface area contributed by atoms with Crippen molar-refractivity contribution in [3.63, 3.8) is 0 Å². The first kappa shape index (κ1) is 17.7. The Hall–Kier alpha value is -1.35. The van der Waals surface area contributed by atoms with Gasteiger partial charge in [-0.15, -0.1) is 0 Å². The van der Waals surface area contributed by atoms with E-state index in [1.54, 1.807) is 0 Å². The summed E-state index contributed by atoms with van der Waals surface area (Å²) in [6.07, 6.45) is 3.52. The van der Waals surface area contributed by atoms with Crippen molar-refractivity contribution in [1.29, 1.82) is 0 Å². The largest absolute Gasteiger partial charge is 0.352 e. The molecule has 0 saturated heterocycles. The van der Waals surface area contributed by atoms with Gasteiger partial charge in [-0.25, -0.2) is 0 Å². The summed E-state index contributed by atoms with van der Waals surface area (Å²) < 4.78 is 0. The van der Waals surface area contributed by atoms with Crippen molar-refractivity contribution in [3.05, 3.63) is 35.4 Å². The number of benzene rings is 1. The molecule has 0 aliphatic rings. The minimum Gasteiger partial charge on any atom is -0.352 e. The van der Waals surface area contributed by atoms with Crippen LogP contribution in [0.4, 0.5) is 0 Å². The zero-order valence-electron chi connectivity index (χ0n) is 13.7. The molecule has 3 N–H and O–H groups in total. The van der Waals surface area contributed by atoms with E-state index < -0.39 is 0 Å². The summed E-state index contributed by atoms with van der Waals surface area (Å²) in [5.74, 6) is 1.27. The molecule has 1 aromatic carbocycles. The molecular weight excluding hydrogens is 260 g/mol. The van der Waals surface area contributed by atoms with Crippen molar-refractivity contribution in [1.82, 2.24) is 5.32 Å². The van der Waals surface area contributed by atoms with E-state index in [9.17, 15) is 4.79 Å². The van der Waals surface area contributed by atoms with Crippen LogP contribution in [0.25, 0.3) is 0 Å². The first-order chi connectivity index (χ1) is 10.1. The van der Waals surface area contributed by atoms with Gasteiger partial charge in [0, 0.05) is 13.0 Å². The Morgan fingerprint density at radius 3 is 2.43 bits per heavy atom. The van der Waals surface area contributed by atoms with Crippen LogP contribution >= 0.6 is 0 Å². The Morgan fingerprint density at radius 2 is 1.86 bits per heavy atom. The van der Waals surface area contributed by atoms with Crippen LogP contribution in [0.5, 0.6) is 0 Å². The molecule has 0 fully saturated rings. The van der Waals surface area contributed by atoms with Crippen molar-refractivity contribution in [2.45, 2.75) is 53.0 Å². The van der Waals surface area contributed by atoms with Crippen LogP contribution in [0.1, 0.15) is 51.2 Å². The SMILES string of the molecule is CCc1ccccc1CNC(=O)CCC(CCN)C(C)C. The number of rotatable bonds is 9. The predicted molar refractivity (Wildman–Crippen MR) is 88.9 cm³/mol. The van der Waals surface area contributed by atoms with Crippen molar-refractivity contribution < 1.29 is 4.79 Å². The maximum Gasteiger partial charge on any atom is 0.220 e. The fourth-order valence-electron chi connectivity index (χ4n) is 2.70. The average molecular weight is 290 g/mol. The molecule has 1 unspecified atom stereocenters. The third-order valence-electron chi connectivity index (χ3n) is 4.20. The highest BCUT2D eigenvalue weighted by Crippen LogP contribution is 2.20. The number of nitrogens with two attached hydrogens (primary N) is 1. The quantitative estimate of drug-likeness (QED) is 0.733. The number of hydrogen-bond donors (Lipinski definition) is 2. The topological polar surface area (TPSA) is 55.1 Å². The van der Waals surface area contributed by atoms with Crippen LogP contribution in [-0.4, -0.2) is 12.5 Å². The van der Waals surface area contributed by atoms with Gasteiger partial charge in [0.1, 0.15) is 0 Å². The van der Waals surface area contributed by atoms with E-state index in [4.69, 9.17) is 5.73 Å². The number of hydrogen-bond acceptors (Lipinski definition) is 2. The van der Waals surface area contributed by atoms with Crippen LogP contribution in [0.3, 0.4) is 0 Å². The highest BCUT2D eigenvalue weighted by Gasteiger charge is 2.14. The minimum atomic E-state index is 0.142. The molecule has 3 heteroatoms. The molecule has 0 saturated carbocycles. The first-order valence-electron chi connectivity index (χ1n) is 8.12. The lowest BCUT2D eigenvalue weighted by molar-refractivity contribution is -0.121. The maximum atomic E-state index is 12.0. The number of carbonyl (C=O) groups excluding carboxylic acids is 1. The average Bonchev–Trinajstić information content (AvgIpc) is 2.49. The fraction of sp³-hybridized carbons (Fsp3) is 0.611. The summed E-state index contributed by atoms with van der Waals surface area (Å²) in [5, 5.41) is 3.04. The van der Waals surface area contributed by atoms with Crippen LogP contribution in [0, 0.1) is 11.8 Å². The van der Waals surface area contributed by atoms with Crippen LogP contribution in [-0.2, 0) is 17.8 Å². The van der Waals surface area contributed by atoms with Crippen LogP contribution < -0.4 is 11.1 Å². The maximum absolute atomic E-state index is 12.0. The summed E-state index contributed by atoms with van der Waals surface area (Å²) in [6, 6.07) is 8.28. The van der Waals surface area contributed by atoms with Gasteiger partial charge in [0.25, 0.3) is 0 Å². The lowest BCUT2D eigenvalue weighted by Gasteiger charge is -2.19. The smallest absolute Gasteiger partial charge is 0.220 e.